The Bertz CT molecular complexity index is 993. The molecule has 0 saturated carbocycles. The zero-order chi connectivity index (χ0) is 18.5. The maximum absolute atomic E-state index is 12.0. The molecule has 0 spiro atoms. The van der Waals surface area contributed by atoms with E-state index in [4.69, 9.17) is 13.9 Å². The van der Waals surface area contributed by atoms with Crippen LogP contribution in [0.1, 0.15) is 17.5 Å². The SMILES string of the molecule is Cc1ccccc1OCCC(=O)OCc1cc(=O)oc2cc(Br)ccc12. The van der Waals surface area contributed by atoms with Crippen LogP contribution < -0.4 is 10.4 Å². The summed E-state index contributed by atoms with van der Waals surface area (Å²) >= 11 is 3.34. The van der Waals surface area contributed by atoms with Gasteiger partial charge in [0, 0.05) is 21.5 Å². The monoisotopic (exact) mass is 416 g/mol. The van der Waals surface area contributed by atoms with Crippen molar-refractivity contribution >= 4 is 32.9 Å². The minimum Gasteiger partial charge on any atom is -0.493 e. The van der Waals surface area contributed by atoms with E-state index < -0.39 is 11.6 Å². The lowest BCUT2D eigenvalue weighted by molar-refractivity contribution is -0.145. The molecule has 6 heteroatoms. The molecule has 5 nitrogen and oxygen atoms in total. The molecule has 0 saturated heterocycles. The van der Waals surface area contributed by atoms with Crippen molar-refractivity contribution in [3.05, 3.63) is 74.6 Å². The van der Waals surface area contributed by atoms with Crippen molar-refractivity contribution in [1.82, 2.24) is 0 Å². The highest BCUT2D eigenvalue weighted by Crippen LogP contribution is 2.22. The highest BCUT2D eigenvalue weighted by atomic mass is 79.9. The molecule has 0 aliphatic rings. The fourth-order valence-corrected chi connectivity index (χ4v) is 2.86. The summed E-state index contributed by atoms with van der Waals surface area (Å²) in [6, 6.07) is 14.3. The van der Waals surface area contributed by atoms with Crippen LogP contribution in [0, 0.1) is 6.92 Å². The molecule has 0 aliphatic carbocycles. The van der Waals surface area contributed by atoms with Gasteiger partial charge in [0.2, 0.25) is 0 Å². The van der Waals surface area contributed by atoms with E-state index in [1.54, 1.807) is 6.07 Å². The van der Waals surface area contributed by atoms with E-state index in [1.165, 1.54) is 6.07 Å². The second kappa shape index (κ2) is 8.19. The fourth-order valence-electron chi connectivity index (χ4n) is 2.52. The van der Waals surface area contributed by atoms with Gasteiger partial charge in [-0.1, -0.05) is 34.1 Å². The lowest BCUT2D eigenvalue weighted by Crippen LogP contribution is -2.11. The molecule has 0 bridgehead atoms. The Morgan fingerprint density at radius 2 is 1.96 bits per heavy atom. The third kappa shape index (κ3) is 4.52. The van der Waals surface area contributed by atoms with Crippen molar-refractivity contribution in [1.29, 1.82) is 0 Å². The highest BCUT2D eigenvalue weighted by Gasteiger charge is 2.10. The van der Waals surface area contributed by atoms with E-state index in [-0.39, 0.29) is 19.6 Å². The molecular formula is C20H17BrO5. The average Bonchev–Trinajstić information content (AvgIpc) is 2.60. The molecule has 0 radical (unpaired) electrons. The number of rotatable bonds is 6. The van der Waals surface area contributed by atoms with Crippen molar-refractivity contribution in [2.75, 3.05) is 6.61 Å². The first-order valence-electron chi connectivity index (χ1n) is 8.09. The fraction of sp³-hybridized carbons (Fsp3) is 0.200. The number of esters is 1. The van der Waals surface area contributed by atoms with Gasteiger partial charge in [-0.15, -0.1) is 0 Å². The first-order chi connectivity index (χ1) is 12.5. The number of hydrogen-bond acceptors (Lipinski definition) is 5. The largest absolute Gasteiger partial charge is 0.493 e. The van der Waals surface area contributed by atoms with Crippen LogP contribution in [0.15, 0.2) is 62.2 Å². The number of para-hydroxylation sites is 1. The van der Waals surface area contributed by atoms with Crippen molar-refractivity contribution in [3.8, 4) is 5.75 Å². The van der Waals surface area contributed by atoms with Crippen LogP contribution >= 0.6 is 15.9 Å². The summed E-state index contributed by atoms with van der Waals surface area (Å²) < 4.78 is 16.8. The van der Waals surface area contributed by atoms with Gasteiger partial charge >= 0.3 is 11.6 Å². The Balaban J connectivity index is 1.59. The molecule has 1 aromatic heterocycles. The summed E-state index contributed by atoms with van der Waals surface area (Å²) in [7, 11) is 0. The van der Waals surface area contributed by atoms with Crippen LogP contribution in [0.3, 0.4) is 0 Å². The summed E-state index contributed by atoms with van der Waals surface area (Å²) in [6.45, 7) is 2.18. The maximum Gasteiger partial charge on any atom is 0.336 e. The zero-order valence-corrected chi connectivity index (χ0v) is 15.7. The number of halogens is 1. The molecular weight excluding hydrogens is 400 g/mol. The van der Waals surface area contributed by atoms with Gasteiger partial charge in [-0.3, -0.25) is 4.79 Å². The Hall–Kier alpha value is -2.60. The number of carbonyl (C=O) groups is 1. The summed E-state index contributed by atoms with van der Waals surface area (Å²) in [4.78, 5) is 23.6. The van der Waals surface area contributed by atoms with Gasteiger partial charge in [0.15, 0.2) is 0 Å². The quantitative estimate of drug-likeness (QED) is 0.440. The summed E-state index contributed by atoms with van der Waals surface area (Å²) in [5.74, 6) is 0.356. The van der Waals surface area contributed by atoms with Crippen molar-refractivity contribution < 1.29 is 18.7 Å². The minimum atomic E-state index is -0.482. The minimum absolute atomic E-state index is 0.00688. The normalized spacial score (nSPS) is 10.7. The number of hydrogen-bond donors (Lipinski definition) is 0. The molecule has 1 heterocycles. The van der Waals surface area contributed by atoms with Crippen LogP contribution in [-0.4, -0.2) is 12.6 Å². The van der Waals surface area contributed by atoms with Crippen LogP contribution in [0.4, 0.5) is 0 Å². The molecule has 26 heavy (non-hydrogen) atoms. The third-order valence-electron chi connectivity index (χ3n) is 3.84. The molecule has 3 rings (SSSR count). The summed E-state index contributed by atoms with van der Waals surface area (Å²) in [6.07, 6.45) is 0.124. The molecule has 0 N–H and O–H groups in total. The van der Waals surface area contributed by atoms with E-state index in [9.17, 15) is 9.59 Å². The first kappa shape index (κ1) is 18.2. The second-order valence-electron chi connectivity index (χ2n) is 5.76. The number of benzene rings is 2. The van der Waals surface area contributed by atoms with E-state index in [1.807, 2.05) is 43.3 Å². The van der Waals surface area contributed by atoms with Gasteiger partial charge in [0.05, 0.1) is 13.0 Å². The lowest BCUT2D eigenvalue weighted by Gasteiger charge is -2.09. The van der Waals surface area contributed by atoms with Gasteiger partial charge < -0.3 is 13.9 Å². The topological polar surface area (TPSA) is 65.7 Å². The number of fused-ring (bicyclic) bond motifs is 1. The van der Waals surface area contributed by atoms with Gasteiger partial charge in [-0.25, -0.2) is 4.79 Å². The van der Waals surface area contributed by atoms with Crippen LogP contribution in [0.2, 0.25) is 0 Å². The van der Waals surface area contributed by atoms with Gasteiger partial charge in [-0.05, 0) is 36.8 Å². The second-order valence-corrected chi connectivity index (χ2v) is 6.67. The number of ether oxygens (including phenoxy) is 2. The zero-order valence-electron chi connectivity index (χ0n) is 14.2. The van der Waals surface area contributed by atoms with E-state index >= 15 is 0 Å². The molecule has 134 valence electrons. The van der Waals surface area contributed by atoms with Crippen LogP contribution in [0.25, 0.3) is 11.0 Å². The van der Waals surface area contributed by atoms with E-state index in [2.05, 4.69) is 15.9 Å². The molecule has 0 amide bonds. The molecule has 0 unspecified atom stereocenters. The number of aryl methyl sites for hydroxylation is 1. The Kier molecular flexibility index (Phi) is 5.73. The molecule has 2 aromatic carbocycles. The van der Waals surface area contributed by atoms with Crippen molar-refractivity contribution in [2.45, 2.75) is 20.0 Å². The first-order valence-corrected chi connectivity index (χ1v) is 8.88. The van der Waals surface area contributed by atoms with Gasteiger partial charge in [0.1, 0.15) is 17.9 Å². The summed E-state index contributed by atoms with van der Waals surface area (Å²) in [5.41, 5.74) is 1.58. The third-order valence-corrected chi connectivity index (χ3v) is 4.33. The van der Waals surface area contributed by atoms with Crippen molar-refractivity contribution in [2.24, 2.45) is 0 Å². The smallest absolute Gasteiger partial charge is 0.336 e. The van der Waals surface area contributed by atoms with Crippen molar-refractivity contribution in [3.63, 3.8) is 0 Å². The summed E-state index contributed by atoms with van der Waals surface area (Å²) in [5, 5.41) is 0.733. The molecule has 3 aromatic rings. The highest BCUT2D eigenvalue weighted by molar-refractivity contribution is 9.10. The van der Waals surface area contributed by atoms with Gasteiger partial charge in [0.25, 0.3) is 0 Å². The Morgan fingerprint density at radius 1 is 1.15 bits per heavy atom. The Labute approximate surface area is 158 Å². The molecule has 0 aliphatic heterocycles. The predicted octanol–water partition coefficient (Wildman–Crippen LogP) is 4.38. The molecule has 0 fully saturated rings. The predicted molar refractivity (Wildman–Crippen MR) is 101 cm³/mol. The van der Waals surface area contributed by atoms with E-state index in [0.29, 0.717) is 11.1 Å². The van der Waals surface area contributed by atoms with Crippen LogP contribution in [-0.2, 0) is 16.1 Å². The lowest BCUT2D eigenvalue weighted by atomic mass is 10.1. The maximum atomic E-state index is 12.0. The van der Waals surface area contributed by atoms with Gasteiger partial charge in [-0.2, -0.15) is 0 Å². The van der Waals surface area contributed by atoms with E-state index in [0.717, 1.165) is 21.2 Å². The molecule has 0 atom stereocenters. The van der Waals surface area contributed by atoms with Crippen LogP contribution in [0.5, 0.6) is 5.75 Å². The number of carbonyl (C=O) groups excluding carboxylic acids is 1. The Morgan fingerprint density at radius 3 is 2.77 bits per heavy atom. The average molecular weight is 417 g/mol. The standard InChI is InChI=1S/C20H17BrO5/c1-13-4-2-3-5-17(13)24-9-8-19(22)25-12-14-10-20(23)26-18-11-15(21)6-7-16(14)18/h2-7,10-11H,8-9,12H2,1H3.